The molecule has 0 aromatic heterocycles. The maximum atomic E-state index is 13.8. The SMILES string of the molecule is COc1ccc(C[C@H](CC(=O)[C@@H](C)NC(=O)[C@@H]2CCC(=O)NC2)C(=O)N[C@@H](CC2CCCC2)C(=O)[C@@]2(C)CO2)cc1. The summed E-state index contributed by atoms with van der Waals surface area (Å²) in [5, 5.41) is 8.45. The predicted octanol–water partition coefficient (Wildman–Crippen LogP) is 2.27. The highest BCUT2D eigenvalue weighted by molar-refractivity contribution is 5.98. The van der Waals surface area contributed by atoms with Gasteiger partial charge in [-0.3, -0.25) is 24.0 Å². The van der Waals surface area contributed by atoms with E-state index in [4.69, 9.17) is 9.47 Å². The summed E-state index contributed by atoms with van der Waals surface area (Å²) in [5.74, 6) is -1.21. The standard InChI is InChI=1S/C31H43N3O7/c1-19(33-29(38)22-10-13-27(36)32-17-22)26(35)16-23(14-21-8-11-24(40-3)12-9-21)30(39)34-25(15-20-6-4-5-7-20)28(37)31(2)18-41-31/h8-9,11-12,19-20,22-23,25H,4-7,10,13-18H2,1-3H3,(H,32,36)(H,33,38)(H,34,39)/t19-,22-,23-,25+,31-/m1/s1. The van der Waals surface area contributed by atoms with Gasteiger partial charge in [0.15, 0.2) is 11.6 Å². The van der Waals surface area contributed by atoms with E-state index in [2.05, 4.69) is 16.0 Å². The lowest BCUT2D eigenvalue weighted by molar-refractivity contribution is -0.135. The maximum absolute atomic E-state index is 13.8. The van der Waals surface area contributed by atoms with E-state index >= 15 is 0 Å². The van der Waals surface area contributed by atoms with Crippen LogP contribution in [0.4, 0.5) is 0 Å². The van der Waals surface area contributed by atoms with Crippen LogP contribution in [0.15, 0.2) is 24.3 Å². The zero-order valence-corrected chi connectivity index (χ0v) is 24.3. The number of hydrogen-bond acceptors (Lipinski definition) is 7. The minimum Gasteiger partial charge on any atom is -0.497 e. The van der Waals surface area contributed by atoms with Crippen LogP contribution in [-0.4, -0.2) is 67.2 Å². The maximum Gasteiger partial charge on any atom is 0.225 e. The molecule has 1 aromatic rings. The Morgan fingerprint density at radius 2 is 1.78 bits per heavy atom. The summed E-state index contributed by atoms with van der Waals surface area (Å²) in [6.45, 7) is 3.96. The highest BCUT2D eigenvalue weighted by Crippen LogP contribution is 2.34. The summed E-state index contributed by atoms with van der Waals surface area (Å²) in [4.78, 5) is 64.6. The van der Waals surface area contributed by atoms with Crippen molar-refractivity contribution in [1.82, 2.24) is 16.0 Å². The molecule has 1 aromatic carbocycles. The quantitative estimate of drug-likeness (QED) is 0.292. The van der Waals surface area contributed by atoms with Gasteiger partial charge in [-0.15, -0.1) is 0 Å². The van der Waals surface area contributed by atoms with Gasteiger partial charge in [-0.2, -0.15) is 0 Å². The van der Waals surface area contributed by atoms with Gasteiger partial charge in [0, 0.05) is 25.3 Å². The van der Waals surface area contributed by atoms with E-state index in [1.54, 1.807) is 33.1 Å². The second-order valence-corrected chi connectivity index (χ2v) is 12.0. The van der Waals surface area contributed by atoms with Crippen molar-refractivity contribution in [3.05, 3.63) is 29.8 Å². The van der Waals surface area contributed by atoms with Crippen LogP contribution in [0.2, 0.25) is 0 Å². The number of nitrogens with one attached hydrogen (secondary N) is 3. The van der Waals surface area contributed by atoms with Crippen LogP contribution in [0.3, 0.4) is 0 Å². The molecule has 3 fully saturated rings. The van der Waals surface area contributed by atoms with Gasteiger partial charge < -0.3 is 25.4 Å². The van der Waals surface area contributed by atoms with Gasteiger partial charge in [-0.1, -0.05) is 37.8 Å². The number of rotatable bonds is 14. The number of epoxide rings is 1. The molecule has 0 bridgehead atoms. The number of piperidine rings is 1. The van der Waals surface area contributed by atoms with E-state index in [1.807, 2.05) is 12.1 Å². The summed E-state index contributed by atoms with van der Waals surface area (Å²) < 4.78 is 10.7. The Kier molecular flexibility index (Phi) is 10.2. The fraction of sp³-hybridized carbons (Fsp3) is 0.645. The largest absolute Gasteiger partial charge is 0.497 e. The van der Waals surface area contributed by atoms with Crippen molar-refractivity contribution in [2.24, 2.45) is 17.8 Å². The van der Waals surface area contributed by atoms with Crippen molar-refractivity contribution in [2.75, 3.05) is 20.3 Å². The van der Waals surface area contributed by atoms with E-state index in [1.165, 1.54) is 0 Å². The van der Waals surface area contributed by atoms with Crippen LogP contribution in [0, 0.1) is 17.8 Å². The minimum atomic E-state index is -0.866. The monoisotopic (exact) mass is 569 g/mol. The Morgan fingerprint density at radius 1 is 1.10 bits per heavy atom. The molecule has 10 heteroatoms. The molecule has 1 aliphatic carbocycles. The van der Waals surface area contributed by atoms with Crippen LogP contribution < -0.4 is 20.7 Å². The van der Waals surface area contributed by atoms with Gasteiger partial charge in [0.2, 0.25) is 17.7 Å². The lowest BCUT2D eigenvalue weighted by atomic mass is 9.88. The van der Waals surface area contributed by atoms with Crippen LogP contribution in [-0.2, 0) is 35.1 Å². The Hall–Kier alpha value is -3.27. The summed E-state index contributed by atoms with van der Waals surface area (Å²) >= 11 is 0. The van der Waals surface area contributed by atoms with Crippen molar-refractivity contribution < 1.29 is 33.4 Å². The molecule has 2 saturated heterocycles. The van der Waals surface area contributed by atoms with Crippen molar-refractivity contribution >= 4 is 29.3 Å². The zero-order chi connectivity index (χ0) is 29.6. The van der Waals surface area contributed by atoms with Gasteiger partial charge >= 0.3 is 0 Å². The van der Waals surface area contributed by atoms with Crippen LogP contribution in [0.25, 0.3) is 0 Å². The van der Waals surface area contributed by atoms with Gasteiger partial charge in [-0.25, -0.2) is 0 Å². The van der Waals surface area contributed by atoms with Crippen molar-refractivity contribution in [2.45, 2.75) is 89.3 Å². The van der Waals surface area contributed by atoms with E-state index in [0.29, 0.717) is 31.1 Å². The molecule has 3 N–H and O–H groups in total. The molecule has 0 radical (unpaired) electrons. The fourth-order valence-electron chi connectivity index (χ4n) is 5.81. The molecular formula is C31H43N3O7. The molecule has 1 saturated carbocycles. The highest BCUT2D eigenvalue weighted by atomic mass is 16.6. The molecule has 4 rings (SSSR count). The van der Waals surface area contributed by atoms with Gasteiger partial charge in [0.25, 0.3) is 0 Å². The molecule has 224 valence electrons. The number of carbonyl (C=O) groups is 5. The topological polar surface area (TPSA) is 143 Å². The van der Waals surface area contributed by atoms with Crippen molar-refractivity contribution in [3.8, 4) is 5.75 Å². The Morgan fingerprint density at radius 3 is 2.37 bits per heavy atom. The number of ether oxygens (including phenoxy) is 2. The molecule has 0 unspecified atom stereocenters. The molecule has 5 atom stereocenters. The fourth-order valence-corrected chi connectivity index (χ4v) is 5.81. The number of benzene rings is 1. The average molecular weight is 570 g/mol. The molecule has 0 spiro atoms. The Labute approximate surface area is 241 Å². The number of amides is 3. The normalized spacial score (nSPS) is 24.5. The summed E-state index contributed by atoms with van der Waals surface area (Å²) in [7, 11) is 1.58. The minimum absolute atomic E-state index is 0.0856. The second-order valence-electron chi connectivity index (χ2n) is 12.0. The van der Waals surface area contributed by atoms with E-state index < -0.39 is 29.5 Å². The molecular weight excluding hydrogens is 526 g/mol. The highest BCUT2D eigenvalue weighted by Gasteiger charge is 2.50. The number of carbonyl (C=O) groups excluding carboxylic acids is 5. The van der Waals surface area contributed by atoms with Crippen LogP contribution in [0.5, 0.6) is 5.75 Å². The lowest BCUT2D eigenvalue weighted by Gasteiger charge is -2.26. The van der Waals surface area contributed by atoms with Crippen LogP contribution in [0.1, 0.15) is 70.8 Å². The molecule has 3 amide bonds. The zero-order valence-electron chi connectivity index (χ0n) is 24.3. The predicted molar refractivity (Wildman–Crippen MR) is 151 cm³/mol. The van der Waals surface area contributed by atoms with E-state index in [9.17, 15) is 24.0 Å². The lowest BCUT2D eigenvalue weighted by Crippen LogP contribution is -2.50. The summed E-state index contributed by atoms with van der Waals surface area (Å²) in [6, 6.07) is 5.83. The van der Waals surface area contributed by atoms with Gasteiger partial charge in [-0.05, 0) is 56.7 Å². The second kappa shape index (κ2) is 13.6. The first kappa shape index (κ1) is 30.7. The number of hydrogen-bond donors (Lipinski definition) is 3. The van der Waals surface area contributed by atoms with Crippen molar-refractivity contribution in [3.63, 3.8) is 0 Å². The van der Waals surface area contributed by atoms with Crippen LogP contribution >= 0.6 is 0 Å². The number of ketones is 2. The van der Waals surface area contributed by atoms with Gasteiger partial charge in [0.1, 0.15) is 11.4 Å². The van der Waals surface area contributed by atoms with E-state index in [-0.39, 0.29) is 55.1 Å². The van der Waals surface area contributed by atoms with Gasteiger partial charge in [0.05, 0.1) is 31.7 Å². The third-order valence-electron chi connectivity index (χ3n) is 8.71. The molecule has 2 aliphatic heterocycles. The average Bonchev–Trinajstić information content (AvgIpc) is 3.50. The van der Waals surface area contributed by atoms with Crippen molar-refractivity contribution in [1.29, 1.82) is 0 Å². The molecule has 10 nitrogen and oxygen atoms in total. The molecule has 2 heterocycles. The van der Waals surface area contributed by atoms with E-state index in [0.717, 1.165) is 31.2 Å². The smallest absolute Gasteiger partial charge is 0.225 e. The molecule has 41 heavy (non-hydrogen) atoms. The summed E-state index contributed by atoms with van der Waals surface area (Å²) in [5.41, 5.74) is -0.0144. The Bertz CT molecular complexity index is 1120. The molecule has 3 aliphatic rings. The summed E-state index contributed by atoms with van der Waals surface area (Å²) in [6.07, 6.45) is 5.78. The first-order valence-electron chi connectivity index (χ1n) is 14.8. The number of Topliss-reactive ketones (excluding diaryl/α,β-unsaturated/α-hetero) is 2. The third-order valence-corrected chi connectivity index (χ3v) is 8.71. The first-order chi connectivity index (χ1) is 19.6. The first-order valence-corrected chi connectivity index (χ1v) is 14.8. The third kappa shape index (κ3) is 8.38. The Balaban J connectivity index is 1.45. The number of methoxy groups -OCH3 is 1.